The number of nitrogens with zero attached hydrogens (tertiary/aromatic N) is 2. The molecule has 0 radical (unpaired) electrons. The van der Waals surface area contributed by atoms with E-state index < -0.39 is 5.60 Å². The van der Waals surface area contributed by atoms with Gasteiger partial charge in [0.25, 0.3) is 0 Å². The standard InChI is InChI=1S/C23H30N6O2/c1-14(16-7-5-4-6-8-16)26-22(30)27-20-11-19-18(13-24-20)21(29-28-19)25-12-15-9-17(10-15)23(2,3)31/h4-8,11,13-15,17,31H,9-10,12H2,1-3H3,(H2,25,28,29)(H2,24,26,27,30). The van der Waals surface area contributed by atoms with Crippen LogP contribution >= 0.6 is 0 Å². The minimum Gasteiger partial charge on any atom is -0.390 e. The fourth-order valence-electron chi connectivity index (χ4n) is 4.01. The van der Waals surface area contributed by atoms with Crippen LogP contribution < -0.4 is 16.0 Å². The normalized spacial score (nSPS) is 19.5. The largest absolute Gasteiger partial charge is 0.390 e. The van der Waals surface area contributed by atoms with E-state index in [1.54, 1.807) is 12.3 Å². The van der Waals surface area contributed by atoms with Gasteiger partial charge in [0.05, 0.1) is 22.5 Å². The maximum absolute atomic E-state index is 12.3. The van der Waals surface area contributed by atoms with Crippen molar-refractivity contribution in [2.75, 3.05) is 17.2 Å². The molecule has 1 aromatic carbocycles. The quantitative estimate of drug-likeness (QED) is 0.394. The molecule has 4 rings (SSSR count). The number of aromatic amines is 1. The Morgan fingerprint density at radius 3 is 2.74 bits per heavy atom. The van der Waals surface area contributed by atoms with Gasteiger partial charge < -0.3 is 15.7 Å². The number of rotatable bonds is 7. The van der Waals surface area contributed by atoms with Crippen LogP contribution in [0.2, 0.25) is 0 Å². The van der Waals surface area contributed by atoms with Gasteiger partial charge in [-0.1, -0.05) is 30.3 Å². The Bertz CT molecular complexity index is 1040. The second-order valence-electron chi connectivity index (χ2n) is 8.99. The first-order valence-corrected chi connectivity index (χ1v) is 10.7. The third-order valence-corrected chi connectivity index (χ3v) is 6.13. The Labute approximate surface area is 181 Å². The summed E-state index contributed by atoms with van der Waals surface area (Å²) < 4.78 is 0. The summed E-state index contributed by atoms with van der Waals surface area (Å²) in [5.74, 6) is 2.10. The van der Waals surface area contributed by atoms with Gasteiger partial charge >= 0.3 is 6.03 Å². The van der Waals surface area contributed by atoms with Crippen LogP contribution in [0.25, 0.3) is 10.9 Å². The van der Waals surface area contributed by atoms with Gasteiger partial charge in [-0.05, 0) is 51.0 Å². The lowest BCUT2D eigenvalue weighted by Crippen LogP contribution is -2.42. The Morgan fingerprint density at radius 1 is 1.29 bits per heavy atom. The Hall–Kier alpha value is -3.13. The number of H-pyrrole nitrogens is 1. The SMILES string of the molecule is CC(NC(=O)Nc1cc2[nH]nc(NCC3CC(C(C)(C)O)C3)c2cn1)c1ccccc1. The van der Waals surface area contributed by atoms with Crippen molar-refractivity contribution in [2.24, 2.45) is 11.8 Å². The lowest BCUT2D eigenvalue weighted by molar-refractivity contribution is -0.0400. The van der Waals surface area contributed by atoms with E-state index in [1.807, 2.05) is 51.1 Å². The van der Waals surface area contributed by atoms with Crippen LogP contribution in [0.4, 0.5) is 16.4 Å². The van der Waals surface area contributed by atoms with Crippen LogP contribution in [0, 0.1) is 11.8 Å². The van der Waals surface area contributed by atoms with Crippen molar-refractivity contribution in [3.05, 3.63) is 48.2 Å². The van der Waals surface area contributed by atoms with Gasteiger partial charge in [-0.2, -0.15) is 5.10 Å². The van der Waals surface area contributed by atoms with Gasteiger partial charge in [-0.3, -0.25) is 10.4 Å². The number of carbonyl (C=O) groups excluding carboxylic acids is 1. The second-order valence-corrected chi connectivity index (χ2v) is 8.99. The summed E-state index contributed by atoms with van der Waals surface area (Å²) in [6, 6.07) is 11.1. The molecule has 31 heavy (non-hydrogen) atoms. The summed E-state index contributed by atoms with van der Waals surface area (Å²) >= 11 is 0. The number of benzene rings is 1. The molecule has 5 N–H and O–H groups in total. The lowest BCUT2D eigenvalue weighted by atomic mass is 9.67. The molecule has 2 amide bonds. The van der Waals surface area contributed by atoms with Gasteiger partial charge in [0.1, 0.15) is 5.82 Å². The molecule has 0 bridgehead atoms. The highest BCUT2D eigenvalue weighted by atomic mass is 16.3. The third kappa shape index (κ3) is 4.96. The highest BCUT2D eigenvalue weighted by molar-refractivity contribution is 5.94. The number of hydrogen-bond donors (Lipinski definition) is 5. The van der Waals surface area contributed by atoms with Crippen molar-refractivity contribution >= 4 is 28.6 Å². The number of amides is 2. The highest BCUT2D eigenvalue weighted by Crippen LogP contribution is 2.40. The van der Waals surface area contributed by atoms with E-state index in [-0.39, 0.29) is 12.1 Å². The van der Waals surface area contributed by atoms with Crippen LogP contribution in [0.3, 0.4) is 0 Å². The van der Waals surface area contributed by atoms with E-state index in [9.17, 15) is 9.90 Å². The zero-order valence-electron chi connectivity index (χ0n) is 18.1. The van der Waals surface area contributed by atoms with Crippen LogP contribution in [0.15, 0.2) is 42.6 Å². The Morgan fingerprint density at radius 2 is 2.03 bits per heavy atom. The predicted octanol–water partition coefficient (Wildman–Crippen LogP) is 4.05. The smallest absolute Gasteiger partial charge is 0.320 e. The first-order valence-electron chi connectivity index (χ1n) is 10.7. The molecule has 0 spiro atoms. The molecule has 2 heterocycles. The monoisotopic (exact) mass is 422 g/mol. The van der Waals surface area contributed by atoms with Crippen molar-refractivity contribution in [2.45, 2.75) is 45.3 Å². The molecular formula is C23H30N6O2. The maximum Gasteiger partial charge on any atom is 0.320 e. The molecule has 164 valence electrons. The van der Waals surface area contributed by atoms with E-state index in [4.69, 9.17) is 0 Å². The summed E-state index contributed by atoms with van der Waals surface area (Å²) in [7, 11) is 0. The molecule has 1 unspecified atom stereocenters. The summed E-state index contributed by atoms with van der Waals surface area (Å²) in [5.41, 5.74) is 1.23. The van der Waals surface area contributed by atoms with Gasteiger partial charge in [-0.15, -0.1) is 0 Å². The number of hydrogen-bond acceptors (Lipinski definition) is 5. The molecular weight excluding hydrogens is 392 g/mol. The zero-order valence-corrected chi connectivity index (χ0v) is 18.1. The topological polar surface area (TPSA) is 115 Å². The first kappa shape index (κ1) is 21.1. The van der Waals surface area contributed by atoms with Crippen molar-refractivity contribution in [3.63, 3.8) is 0 Å². The summed E-state index contributed by atoms with van der Waals surface area (Å²) in [4.78, 5) is 16.7. The predicted molar refractivity (Wildman–Crippen MR) is 122 cm³/mol. The summed E-state index contributed by atoms with van der Waals surface area (Å²) in [5, 5.41) is 27.4. The first-order chi connectivity index (χ1) is 14.8. The number of pyridine rings is 1. The van der Waals surface area contributed by atoms with Crippen molar-refractivity contribution < 1.29 is 9.90 Å². The fraction of sp³-hybridized carbons (Fsp3) is 0.435. The summed E-state index contributed by atoms with van der Waals surface area (Å²) in [6.45, 7) is 6.50. The van der Waals surface area contributed by atoms with E-state index in [0.29, 0.717) is 17.7 Å². The average Bonchev–Trinajstić information content (AvgIpc) is 3.08. The maximum atomic E-state index is 12.3. The molecule has 2 aromatic heterocycles. The lowest BCUT2D eigenvalue weighted by Gasteiger charge is -2.42. The number of aliphatic hydroxyl groups is 1. The molecule has 8 nitrogen and oxygen atoms in total. The van der Waals surface area contributed by atoms with E-state index in [1.165, 1.54) is 0 Å². The average molecular weight is 423 g/mol. The third-order valence-electron chi connectivity index (χ3n) is 6.13. The molecule has 0 saturated heterocycles. The number of anilines is 2. The molecule has 1 atom stereocenters. The van der Waals surface area contributed by atoms with Crippen LogP contribution in [0.1, 0.15) is 45.2 Å². The van der Waals surface area contributed by atoms with Crippen molar-refractivity contribution in [1.82, 2.24) is 20.5 Å². The van der Waals surface area contributed by atoms with Gasteiger partial charge in [0.15, 0.2) is 5.82 Å². The molecule has 1 aliphatic carbocycles. The molecule has 8 heteroatoms. The Kier molecular flexibility index (Phi) is 5.82. The number of carbonyl (C=O) groups is 1. The van der Waals surface area contributed by atoms with Gasteiger partial charge in [0.2, 0.25) is 0 Å². The highest BCUT2D eigenvalue weighted by Gasteiger charge is 2.38. The van der Waals surface area contributed by atoms with Crippen molar-refractivity contribution in [3.8, 4) is 0 Å². The molecule has 1 fully saturated rings. The minimum atomic E-state index is -0.603. The second kappa shape index (κ2) is 8.55. The molecule has 1 aliphatic rings. The van der Waals surface area contributed by atoms with Crippen LogP contribution in [0.5, 0.6) is 0 Å². The van der Waals surface area contributed by atoms with E-state index >= 15 is 0 Å². The Balaban J connectivity index is 1.32. The number of fused-ring (bicyclic) bond motifs is 1. The number of urea groups is 1. The summed E-state index contributed by atoms with van der Waals surface area (Å²) in [6.07, 6.45) is 3.74. The number of nitrogens with one attached hydrogen (secondary N) is 4. The van der Waals surface area contributed by atoms with E-state index in [0.717, 1.165) is 41.7 Å². The van der Waals surface area contributed by atoms with Crippen LogP contribution in [-0.4, -0.2) is 38.5 Å². The molecule has 0 aliphatic heterocycles. The molecule has 3 aromatic rings. The van der Waals surface area contributed by atoms with Gasteiger partial charge in [0, 0.05) is 18.8 Å². The van der Waals surface area contributed by atoms with Crippen LogP contribution in [-0.2, 0) is 0 Å². The van der Waals surface area contributed by atoms with E-state index in [2.05, 4.69) is 31.1 Å². The van der Waals surface area contributed by atoms with Gasteiger partial charge in [-0.25, -0.2) is 9.78 Å². The minimum absolute atomic E-state index is 0.115. The fourth-order valence-corrected chi connectivity index (χ4v) is 4.01. The zero-order chi connectivity index (χ0) is 22.0. The van der Waals surface area contributed by atoms with Crippen molar-refractivity contribution in [1.29, 1.82) is 0 Å². The number of aromatic nitrogens is 3. The molecule has 1 saturated carbocycles.